The summed E-state index contributed by atoms with van der Waals surface area (Å²) in [6.07, 6.45) is 1.56. The molecule has 0 aromatic heterocycles. The molecule has 4 heteroatoms. The van der Waals surface area contributed by atoms with E-state index >= 15 is 0 Å². The quantitative estimate of drug-likeness (QED) is 0.722. The lowest BCUT2D eigenvalue weighted by molar-refractivity contribution is -0.122. The van der Waals surface area contributed by atoms with Crippen molar-refractivity contribution in [1.82, 2.24) is 0 Å². The topological polar surface area (TPSA) is 47.6 Å². The molecule has 0 aliphatic heterocycles. The highest BCUT2D eigenvalue weighted by molar-refractivity contribution is 5.94. The third-order valence-electron chi connectivity index (χ3n) is 3.59. The summed E-state index contributed by atoms with van der Waals surface area (Å²) in [6, 6.07) is 15.0. The number of nitrogens with one attached hydrogen (secondary N) is 1. The van der Waals surface area contributed by atoms with Gasteiger partial charge in [0.05, 0.1) is 6.61 Å². The molecule has 0 aliphatic rings. The van der Waals surface area contributed by atoms with Crippen LogP contribution in [-0.4, -0.2) is 18.6 Å². The van der Waals surface area contributed by atoms with Crippen molar-refractivity contribution < 1.29 is 14.3 Å². The summed E-state index contributed by atoms with van der Waals surface area (Å²) in [5.41, 5.74) is 1.88. The van der Waals surface area contributed by atoms with Crippen LogP contribution in [-0.2, 0) is 4.79 Å². The maximum absolute atomic E-state index is 12.2. The number of ether oxygens (including phenoxy) is 2. The standard InChI is InChI=1S/C20H25NO3/c1-4-5-14-23-18-12-8-17(9-13-18)21-20(22)16(3)24-19-10-6-15(2)7-11-19/h6-13,16H,4-5,14H2,1-3H3,(H,21,22)/t16-/m1/s1. The van der Waals surface area contributed by atoms with Crippen molar-refractivity contribution in [2.24, 2.45) is 0 Å². The van der Waals surface area contributed by atoms with E-state index < -0.39 is 6.10 Å². The van der Waals surface area contributed by atoms with E-state index in [0.717, 1.165) is 29.8 Å². The molecular formula is C20H25NO3. The fourth-order valence-electron chi connectivity index (χ4n) is 2.09. The van der Waals surface area contributed by atoms with Crippen LogP contribution in [0.3, 0.4) is 0 Å². The molecule has 0 fully saturated rings. The van der Waals surface area contributed by atoms with Gasteiger partial charge < -0.3 is 14.8 Å². The van der Waals surface area contributed by atoms with Crippen LogP contribution >= 0.6 is 0 Å². The predicted molar refractivity (Wildman–Crippen MR) is 96.7 cm³/mol. The van der Waals surface area contributed by atoms with Crippen LogP contribution < -0.4 is 14.8 Å². The van der Waals surface area contributed by atoms with E-state index in [9.17, 15) is 4.79 Å². The highest BCUT2D eigenvalue weighted by Crippen LogP contribution is 2.17. The molecule has 0 heterocycles. The average Bonchev–Trinajstić information content (AvgIpc) is 2.58. The van der Waals surface area contributed by atoms with E-state index in [0.29, 0.717) is 12.4 Å². The molecule has 0 saturated heterocycles. The Morgan fingerprint density at radius 1 is 1.04 bits per heavy atom. The zero-order valence-electron chi connectivity index (χ0n) is 14.5. The van der Waals surface area contributed by atoms with E-state index in [1.54, 1.807) is 6.92 Å². The fraction of sp³-hybridized carbons (Fsp3) is 0.350. The van der Waals surface area contributed by atoms with Gasteiger partial charge in [-0.05, 0) is 56.7 Å². The first kappa shape index (κ1) is 17.9. The number of carbonyl (C=O) groups excluding carboxylic acids is 1. The lowest BCUT2D eigenvalue weighted by atomic mass is 10.2. The van der Waals surface area contributed by atoms with Gasteiger partial charge in [0.25, 0.3) is 5.91 Å². The van der Waals surface area contributed by atoms with Crippen molar-refractivity contribution >= 4 is 11.6 Å². The summed E-state index contributed by atoms with van der Waals surface area (Å²) in [5, 5.41) is 2.85. The molecule has 24 heavy (non-hydrogen) atoms. The molecule has 0 bridgehead atoms. The Bertz CT molecular complexity index is 635. The lowest BCUT2D eigenvalue weighted by Gasteiger charge is -2.15. The van der Waals surface area contributed by atoms with Crippen LogP contribution in [0.5, 0.6) is 11.5 Å². The van der Waals surface area contributed by atoms with Gasteiger partial charge in [-0.15, -0.1) is 0 Å². The van der Waals surface area contributed by atoms with Gasteiger partial charge >= 0.3 is 0 Å². The van der Waals surface area contributed by atoms with Gasteiger partial charge in [0.15, 0.2) is 6.10 Å². The number of aryl methyl sites for hydroxylation is 1. The fourth-order valence-corrected chi connectivity index (χ4v) is 2.09. The van der Waals surface area contributed by atoms with Crippen molar-refractivity contribution in [3.05, 3.63) is 54.1 Å². The Morgan fingerprint density at radius 2 is 1.67 bits per heavy atom. The number of benzene rings is 2. The first-order valence-corrected chi connectivity index (χ1v) is 8.35. The molecule has 1 amide bonds. The van der Waals surface area contributed by atoms with E-state index in [4.69, 9.17) is 9.47 Å². The Kier molecular flexibility index (Phi) is 6.67. The smallest absolute Gasteiger partial charge is 0.265 e. The Balaban J connectivity index is 1.85. The summed E-state index contributed by atoms with van der Waals surface area (Å²) in [4.78, 5) is 12.2. The van der Waals surface area contributed by atoms with E-state index in [1.165, 1.54) is 0 Å². The molecule has 0 aliphatic carbocycles. The van der Waals surface area contributed by atoms with Crippen LogP contribution in [0.1, 0.15) is 32.3 Å². The largest absolute Gasteiger partial charge is 0.494 e. The molecule has 1 N–H and O–H groups in total. The van der Waals surface area contributed by atoms with Crippen LogP contribution in [0.15, 0.2) is 48.5 Å². The molecule has 128 valence electrons. The zero-order valence-corrected chi connectivity index (χ0v) is 14.5. The molecular weight excluding hydrogens is 302 g/mol. The first-order valence-electron chi connectivity index (χ1n) is 8.35. The second-order valence-electron chi connectivity index (χ2n) is 5.79. The first-order chi connectivity index (χ1) is 11.6. The number of amides is 1. The molecule has 2 aromatic rings. The van der Waals surface area contributed by atoms with Gasteiger partial charge in [-0.2, -0.15) is 0 Å². The second kappa shape index (κ2) is 8.96. The molecule has 2 aromatic carbocycles. The second-order valence-corrected chi connectivity index (χ2v) is 5.79. The van der Waals surface area contributed by atoms with Crippen LogP contribution in [0.2, 0.25) is 0 Å². The molecule has 4 nitrogen and oxygen atoms in total. The van der Waals surface area contributed by atoms with E-state index in [1.807, 2.05) is 55.5 Å². The summed E-state index contributed by atoms with van der Waals surface area (Å²) in [6.45, 7) is 6.58. The Labute approximate surface area is 143 Å². The summed E-state index contributed by atoms with van der Waals surface area (Å²) < 4.78 is 11.3. The van der Waals surface area contributed by atoms with E-state index in [2.05, 4.69) is 12.2 Å². The van der Waals surface area contributed by atoms with E-state index in [-0.39, 0.29) is 5.91 Å². The highest BCUT2D eigenvalue weighted by atomic mass is 16.5. The molecule has 0 unspecified atom stereocenters. The minimum Gasteiger partial charge on any atom is -0.494 e. The molecule has 0 spiro atoms. The zero-order chi connectivity index (χ0) is 17.4. The lowest BCUT2D eigenvalue weighted by Crippen LogP contribution is -2.30. The average molecular weight is 327 g/mol. The number of unbranched alkanes of at least 4 members (excludes halogenated alkanes) is 1. The Morgan fingerprint density at radius 3 is 2.29 bits per heavy atom. The normalized spacial score (nSPS) is 11.6. The minimum absolute atomic E-state index is 0.185. The van der Waals surface area contributed by atoms with Crippen LogP contribution in [0, 0.1) is 6.92 Å². The summed E-state index contributed by atoms with van der Waals surface area (Å²) in [7, 11) is 0. The Hall–Kier alpha value is -2.49. The molecule has 1 atom stereocenters. The van der Waals surface area contributed by atoms with Gasteiger partial charge in [-0.1, -0.05) is 31.0 Å². The maximum atomic E-state index is 12.2. The number of carbonyl (C=O) groups is 1. The van der Waals surface area contributed by atoms with Crippen molar-refractivity contribution in [3.63, 3.8) is 0 Å². The number of rotatable bonds is 8. The van der Waals surface area contributed by atoms with Crippen molar-refractivity contribution in [2.45, 2.75) is 39.7 Å². The van der Waals surface area contributed by atoms with Gasteiger partial charge in [-0.3, -0.25) is 4.79 Å². The van der Waals surface area contributed by atoms with Gasteiger partial charge in [-0.25, -0.2) is 0 Å². The summed E-state index contributed by atoms with van der Waals surface area (Å²) >= 11 is 0. The highest BCUT2D eigenvalue weighted by Gasteiger charge is 2.14. The molecule has 0 radical (unpaired) electrons. The molecule has 0 saturated carbocycles. The van der Waals surface area contributed by atoms with Crippen LogP contribution in [0.25, 0.3) is 0 Å². The SMILES string of the molecule is CCCCOc1ccc(NC(=O)[C@@H](C)Oc2ccc(C)cc2)cc1. The third-order valence-corrected chi connectivity index (χ3v) is 3.59. The monoisotopic (exact) mass is 327 g/mol. The summed E-state index contributed by atoms with van der Waals surface area (Å²) in [5.74, 6) is 1.31. The van der Waals surface area contributed by atoms with Gasteiger partial charge in [0.2, 0.25) is 0 Å². The van der Waals surface area contributed by atoms with Gasteiger partial charge in [0, 0.05) is 5.69 Å². The van der Waals surface area contributed by atoms with Gasteiger partial charge in [0.1, 0.15) is 11.5 Å². The van der Waals surface area contributed by atoms with Crippen molar-refractivity contribution in [1.29, 1.82) is 0 Å². The van der Waals surface area contributed by atoms with Crippen LogP contribution in [0.4, 0.5) is 5.69 Å². The van der Waals surface area contributed by atoms with Crippen molar-refractivity contribution in [3.8, 4) is 11.5 Å². The minimum atomic E-state index is -0.576. The number of anilines is 1. The number of hydrogen-bond donors (Lipinski definition) is 1. The molecule has 2 rings (SSSR count). The number of hydrogen-bond acceptors (Lipinski definition) is 3. The third kappa shape index (κ3) is 5.61. The predicted octanol–water partition coefficient (Wildman–Crippen LogP) is 4.58. The van der Waals surface area contributed by atoms with Crippen molar-refractivity contribution in [2.75, 3.05) is 11.9 Å². The maximum Gasteiger partial charge on any atom is 0.265 e.